The van der Waals surface area contributed by atoms with Crippen molar-refractivity contribution >= 4 is 11.9 Å². The highest BCUT2D eigenvalue weighted by Crippen LogP contribution is 2.34. The molecule has 1 aromatic heterocycles. The molecule has 4 rings (SSSR count). The Labute approximate surface area is 153 Å². The molecule has 2 fully saturated rings. The van der Waals surface area contributed by atoms with Crippen molar-refractivity contribution in [1.29, 1.82) is 0 Å². The minimum absolute atomic E-state index is 0.152. The summed E-state index contributed by atoms with van der Waals surface area (Å²) < 4.78 is 5.96. The molecule has 3 atom stereocenters. The first-order chi connectivity index (χ1) is 12.7. The van der Waals surface area contributed by atoms with E-state index in [4.69, 9.17) is 4.74 Å². The molecule has 0 aliphatic carbocycles. The third-order valence-electron chi connectivity index (χ3n) is 5.48. The van der Waals surface area contributed by atoms with Crippen LogP contribution in [0.5, 0.6) is 0 Å². The number of carbonyl (C=O) groups excluding carboxylic acids is 1. The van der Waals surface area contributed by atoms with Gasteiger partial charge in [0.15, 0.2) is 0 Å². The Morgan fingerprint density at radius 2 is 2.04 bits per heavy atom. The lowest BCUT2D eigenvalue weighted by atomic mass is 9.93. The van der Waals surface area contributed by atoms with Gasteiger partial charge in [0.1, 0.15) is 0 Å². The number of carbonyl (C=O) groups is 1. The summed E-state index contributed by atoms with van der Waals surface area (Å²) in [6.45, 7) is 5.03. The second kappa shape index (κ2) is 7.41. The second-order valence-corrected chi connectivity index (χ2v) is 7.15. The summed E-state index contributed by atoms with van der Waals surface area (Å²) in [4.78, 5) is 23.1. The molecule has 3 heterocycles. The van der Waals surface area contributed by atoms with Gasteiger partial charge in [0, 0.05) is 43.9 Å². The molecule has 26 heavy (non-hydrogen) atoms. The van der Waals surface area contributed by atoms with E-state index in [1.807, 2.05) is 23.1 Å². The molecule has 1 N–H and O–H groups in total. The van der Waals surface area contributed by atoms with E-state index in [0.29, 0.717) is 30.7 Å². The largest absolute Gasteiger partial charge is 0.376 e. The zero-order valence-corrected chi connectivity index (χ0v) is 15.0. The maximum atomic E-state index is 12.7. The molecule has 0 radical (unpaired) electrons. The number of fused-ring (bicyclic) bond motifs is 1. The Balaban J connectivity index is 1.34. The second-order valence-electron chi connectivity index (χ2n) is 7.15. The number of rotatable bonds is 5. The van der Waals surface area contributed by atoms with Gasteiger partial charge in [-0.3, -0.25) is 4.79 Å². The van der Waals surface area contributed by atoms with Crippen LogP contribution in [0, 0.1) is 18.8 Å². The van der Waals surface area contributed by atoms with Gasteiger partial charge in [-0.25, -0.2) is 9.97 Å². The zero-order chi connectivity index (χ0) is 17.9. The number of nitrogens with zero attached hydrogens (tertiary/aromatic N) is 3. The maximum absolute atomic E-state index is 12.7. The van der Waals surface area contributed by atoms with Crippen molar-refractivity contribution < 1.29 is 9.53 Å². The van der Waals surface area contributed by atoms with Crippen LogP contribution in [0.4, 0.5) is 5.95 Å². The molecule has 6 heteroatoms. The van der Waals surface area contributed by atoms with Crippen LogP contribution < -0.4 is 5.32 Å². The van der Waals surface area contributed by atoms with Crippen molar-refractivity contribution in [1.82, 2.24) is 14.9 Å². The highest BCUT2D eigenvalue weighted by Gasteiger charge is 2.44. The van der Waals surface area contributed by atoms with Gasteiger partial charge in [-0.15, -0.1) is 0 Å². The summed E-state index contributed by atoms with van der Waals surface area (Å²) in [7, 11) is 0. The molecule has 136 valence electrons. The number of anilines is 1. The Kier molecular flexibility index (Phi) is 4.84. The van der Waals surface area contributed by atoms with Crippen LogP contribution in [0.3, 0.4) is 0 Å². The summed E-state index contributed by atoms with van der Waals surface area (Å²) in [5, 5.41) is 3.28. The minimum atomic E-state index is 0.152. The molecule has 0 spiro atoms. The smallest absolute Gasteiger partial charge is 0.227 e. The van der Waals surface area contributed by atoms with E-state index in [9.17, 15) is 4.79 Å². The standard InChI is InChI=1S/C20H24N4O2/c1-14-5-2-3-6-15(14)9-19(25)24-11-17-16(13-26-18(17)12-24)10-23-20-21-7-4-8-22-20/h2-8,16-18H,9-13H2,1H3,(H,21,22,23)/t16-,17+,18+/m1/s1. The lowest BCUT2D eigenvalue weighted by Gasteiger charge is -2.20. The lowest BCUT2D eigenvalue weighted by Crippen LogP contribution is -2.33. The summed E-state index contributed by atoms with van der Waals surface area (Å²) in [5.74, 6) is 1.59. The van der Waals surface area contributed by atoms with Gasteiger partial charge in [0.25, 0.3) is 0 Å². The van der Waals surface area contributed by atoms with Crippen molar-refractivity contribution in [2.75, 3.05) is 31.6 Å². The molecule has 6 nitrogen and oxygen atoms in total. The van der Waals surface area contributed by atoms with Crippen LogP contribution in [-0.2, 0) is 16.0 Å². The summed E-state index contributed by atoms with van der Waals surface area (Å²) in [6, 6.07) is 9.88. The predicted octanol–water partition coefficient (Wildman–Crippen LogP) is 1.91. The highest BCUT2D eigenvalue weighted by molar-refractivity contribution is 5.79. The number of benzene rings is 1. The van der Waals surface area contributed by atoms with E-state index < -0.39 is 0 Å². The topological polar surface area (TPSA) is 67.4 Å². The molecule has 2 aromatic rings. The fourth-order valence-corrected chi connectivity index (χ4v) is 3.91. The van der Waals surface area contributed by atoms with Crippen LogP contribution in [0.25, 0.3) is 0 Å². The number of hydrogen-bond acceptors (Lipinski definition) is 5. The molecule has 2 saturated heterocycles. The average Bonchev–Trinajstić information content (AvgIpc) is 3.24. The Bertz CT molecular complexity index is 767. The fourth-order valence-electron chi connectivity index (χ4n) is 3.91. The van der Waals surface area contributed by atoms with Crippen molar-refractivity contribution in [3.05, 3.63) is 53.9 Å². The number of likely N-dealkylation sites (tertiary alicyclic amines) is 1. The van der Waals surface area contributed by atoms with Crippen molar-refractivity contribution in [2.24, 2.45) is 11.8 Å². The number of ether oxygens (including phenoxy) is 1. The minimum Gasteiger partial charge on any atom is -0.376 e. The van der Waals surface area contributed by atoms with Crippen LogP contribution in [0.15, 0.2) is 42.7 Å². The monoisotopic (exact) mass is 352 g/mol. The van der Waals surface area contributed by atoms with Crippen LogP contribution in [-0.4, -0.2) is 53.1 Å². The van der Waals surface area contributed by atoms with Gasteiger partial charge < -0.3 is 15.0 Å². The third kappa shape index (κ3) is 3.55. The predicted molar refractivity (Wildman–Crippen MR) is 98.7 cm³/mol. The van der Waals surface area contributed by atoms with Gasteiger partial charge in [-0.05, 0) is 24.1 Å². The zero-order valence-electron chi connectivity index (χ0n) is 15.0. The van der Waals surface area contributed by atoms with Gasteiger partial charge in [-0.1, -0.05) is 24.3 Å². The maximum Gasteiger partial charge on any atom is 0.227 e. The quantitative estimate of drug-likeness (QED) is 0.890. The van der Waals surface area contributed by atoms with Crippen LogP contribution in [0.1, 0.15) is 11.1 Å². The molecule has 0 unspecified atom stereocenters. The first kappa shape index (κ1) is 17.0. The first-order valence-electron chi connectivity index (χ1n) is 9.15. The normalized spacial score (nSPS) is 24.5. The fraction of sp³-hybridized carbons (Fsp3) is 0.450. The molecule has 1 amide bonds. The van der Waals surface area contributed by atoms with Crippen molar-refractivity contribution in [3.8, 4) is 0 Å². The number of amides is 1. The molecule has 0 saturated carbocycles. The first-order valence-corrected chi connectivity index (χ1v) is 9.15. The van der Waals surface area contributed by atoms with Gasteiger partial charge in [0.05, 0.1) is 19.1 Å². The molecule has 1 aromatic carbocycles. The van der Waals surface area contributed by atoms with E-state index in [-0.39, 0.29) is 12.0 Å². The number of aromatic nitrogens is 2. The molecular weight excluding hydrogens is 328 g/mol. The van der Waals surface area contributed by atoms with Crippen molar-refractivity contribution in [2.45, 2.75) is 19.4 Å². The van der Waals surface area contributed by atoms with E-state index in [1.54, 1.807) is 18.5 Å². The molecule has 0 bridgehead atoms. The van der Waals surface area contributed by atoms with Crippen LogP contribution in [0.2, 0.25) is 0 Å². The lowest BCUT2D eigenvalue weighted by molar-refractivity contribution is -0.130. The Hall–Kier alpha value is -2.47. The summed E-state index contributed by atoms with van der Waals surface area (Å²) in [6.07, 6.45) is 4.07. The summed E-state index contributed by atoms with van der Waals surface area (Å²) >= 11 is 0. The van der Waals surface area contributed by atoms with Crippen molar-refractivity contribution in [3.63, 3.8) is 0 Å². The van der Waals surface area contributed by atoms with Crippen LogP contribution >= 0.6 is 0 Å². The van der Waals surface area contributed by atoms with Gasteiger partial charge >= 0.3 is 0 Å². The van der Waals surface area contributed by atoms with E-state index in [1.165, 1.54) is 5.56 Å². The molecule has 2 aliphatic heterocycles. The van der Waals surface area contributed by atoms with E-state index in [0.717, 1.165) is 25.3 Å². The Morgan fingerprint density at radius 3 is 2.85 bits per heavy atom. The van der Waals surface area contributed by atoms with E-state index >= 15 is 0 Å². The Morgan fingerprint density at radius 1 is 1.23 bits per heavy atom. The highest BCUT2D eigenvalue weighted by atomic mass is 16.5. The SMILES string of the molecule is Cc1ccccc1CC(=O)N1C[C@H]2[C@H](CNc3ncccn3)CO[C@H]2C1. The average molecular weight is 352 g/mol. The number of aryl methyl sites for hydroxylation is 1. The van der Waals surface area contributed by atoms with Gasteiger partial charge in [-0.2, -0.15) is 0 Å². The summed E-state index contributed by atoms with van der Waals surface area (Å²) in [5.41, 5.74) is 2.27. The molecule has 2 aliphatic rings. The number of nitrogens with one attached hydrogen (secondary N) is 1. The molecular formula is C20H24N4O2. The number of hydrogen-bond donors (Lipinski definition) is 1. The van der Waals surface area contributed by atoms with Gasteiger partial charge in [0.2, 0.25) is 11.9 Å². The van der Waals surface area contributed by atoms with E-state index in [2.05, 4.69) is 28.3 Å². The third-order valence-corrected chi connectivity index (χ3v) is 5.48.